The van der Waals surface area contributed by atoms with E-state index in [9.17, 15) is 14.4 Å². The van der Waals surface area contributed by atoms with Gasteiger partial charge in [0.2, 0.25) is 0 Å². The lowest BCUT2D eigenvalue weighted by Gasteiger charge is -2.18. The summed E-state index contributed by atoms with van der Waals surface area (Å²) in [5, 5.41) is 0. The minimum absolute atomic E-state index is 0.0855. The molecule has 80 heavy (non-hydrogen) atoms. The van der Waals surface area contributed by atoms with E-state index >= 15 is 0 Å². The number of unbranched alkanes of at least 4 members (excludes halogenated alkanes) is 38. The molecule has 0 aromatic carbocycles. The maximum absolute atomic E-state index is 12.9. The Hall–Kier alpha value is -3.41. The van der Waals surface area contributed by atoms with Gasteiger partial charge in [-0.15, -0.1) is 0 Å². The lowest BCUT2D eigenvalue weighted by molar-refractivity contribution is -0.167. The van der Waals surface area contributed by atoms with Gasteiger partial charge in [-0.05, 0) is 122 Å². The van der Waals surface area contributed by atoms with Crippen LogP contribution in [0.15, 0.2) is 85.1 Å². The molecule has 6 heteroatoms. The van der Waals surface area contributed by atoms with Crippen molar-refractivity contribution in [1.82, 2.24) is 0 Å². The van der Waals surface area contributed by atoms with Gasteiger partial charge < -0.3 is 14.2 Å². The molecule has 6 nitrogen and oxygen atoms in total. The lowest BCUT2D eigenvalue weighted by Crippen LogP contribution is -2.30. The number of carbonyl (C=O) groups excluding carboxylic acids is 3. The average molecular weight is 1120 g/mol. The van der Waals surface area contributed by atoms with Crippen LogP contribution < -0.4 is 0 Å². The van der Waals surface area contributed by atoms with Crippen molar-refractivity contribution in [2.45, 2.75) is 354 Å². The Kier molecular flexibility index (Phi) is 65.2. The van der Waals surface area contributed by atoms with Gasteiger partial charge in [-0.25, -0.2) is 0 Å². The number of carbonyl (C=O) groups is 3. The van der Waals surface area contributed by atoms with Crippen molar-refractivity contribution in [2.75, 3.05) is 13.2 Å². The summed E-state index contributed by atoms with van der Waals surface area (Å²) in [7, 11) is 0. The van der Waals surface area contributed by atoms with Gasteiger partial charge in [-0.2, -0.15) is 0 Å². The molecule has 0 aromatic rings. The molecule has 0 saturated carbocycles. The standard InChI is InChI=1S/C74H130O6/c1-4-7-10-13-16-19-22-25-28-31-33-35-36-37-38-40-41-43-46-49-52-55-58-61-64-67-73(76)79-70-71(69-78-72(75)66-63-60-57-54-51-48-45-30-27-24-21-18-15-12-9-6-3)80-74(77)68-65-62-59-56-53-50-47-44-42-39-34-32-29-26-23-20-17-14-11-8-5-2/h22-23,25-26,30-34,36-37,42,44-45,71H,4-21,24,27-29,35,38-41,43,46-70H2,1-3H3/b25-22-,26-23-,33-31-,34-32-,37-36-,44-42-,45-30-. The molecular weight excluding hydrogens is 985 g/mol. The molecule has 0 aliphatic rings. The van der Waals surface area contributed by atoms with Crippen molar-refractivity contribution in [3.63, 3.8) is 0 Å². The molecule has 0 rings (SSSR count). The molecule has 1 unspecified atom stereocenters. The molecule has 0 aliphatic heterocycles. The second-order valence-electron chi connectivity index (χ2n) is 23.1. The fraction of sp³-hybridized carbons (Fsp3) is 0.770. The van der Waals surface area contributed by atoms with Crippen LogP contribution in [0.2, 0.25) is 0 Å². The molecule has 0 N–H and O–H groups in total. The molecule has 0 aromatic heterocycles. The van der Waals surface area contributed by atoms with Crippen molar-refractivity contribution in [2.24, 2.45) is 0 Å². The number of esters is 3. The van der Waals surface area contributed by atoms with E-state index in [2.05, 4.69) is 106 Å². The van der Waals surface area contributed by atoms with Gasteiger partial charge in [0, 0.05) is 19.3 Å². The molecule has 462 valence electrons. The van der Waals surface area contributed by atoms with E-state index in [-0.39, 0.29) is 31.1 Å². The van der Waals surface area contributed by atoms with Crippen molar-refractivity contribution < 1.29 is 28.6 Å². The molecule has 0 spiro atoms. The van der Waals surface area contributed by atoms with Crippen molar-refractivity contribution in [3.8, 4) is 0 Å². The van der Waals surface area contributed by atoms with E-state index in [4.69, 9.17) is 14.2 Å². The molecule has 0 heterocycles. The highest BCUT2D eigenvalue weighted by molar-refractivity contribution is 5.71. The van der Waals surface area contributed by atoms with Gasteiger partial charge >= 0.3 is 17.9 Å². The summed E-state index contributed by atoms with van der Waals surface area (Å²) in [5.74, 6) is -0.895. The first-order chi connectivity index (χ1) is 39.5. The van der Waals surface area contributed by atoms with Crippen LogP contribution in [0.25, 0.3) is 0 Å². The summed E-state index contributed by atoms with van der Waals surface area (Å²) in [5.41, 5.74) is 0. The third-order valence-electron chi connectivity index (χ3n) is 15.1. The van der Waals surface area contributed by atoms with Crippen LogP contribution in [0, 0.1) is 0 Å². The quantitative estimate of drug-likeness (QED) is 0.0261. The zero-order valence-corrected chi connectivity index (χ0v) is 53.1. The Morgan fingerprint density at radius 3 is 0.713 bits per heavy atom. The molecule has 0 saturated heterocycles. The first-order valence-corrected chi connectivity index (χ1v) is 34.6. The van der Waals surface area contributed by atoms with Gasteiger partial charge in [-0.1, -0.05) is 292 Å². The van der Waals surface area contributed by atoms with Gasteiger partial charge in [-0.3, -0.25) is 14.4 Å². The Balaban J connectivity index is 4.38. The van der Waals surface area contributed by atoms with Crippen LogP contribution in [0.3, 0.4) is 0 Å². The number of allylic oxidation sites excluding steroid dienone is 14. The average Bonchev–Trinajstić information content (AvgIpc) is 3.46. The van der Waals surface area contributed by atoms with Crippen LogP contribution in [-0.4, -0.2) is 37.2 Å². The van der Waals surface area contributed by atoms with Crippen molar-refractivity contribution in [1.29, 1.82) is 0 Å². The predicted molar refractivity (Wildman–Crippen MR) is 348 cm³/mol. The fourth-order valence-electron chi connectivity index (χ4n) is 9.87. The summed E-state index contributed by atoms with van der Waals surface area (Å²) in [6.07, 6.45) is 90.2. The van der Waals surface area contributed by atoms with Gasteiger partial charge in [0.25, 0.3) is 0 Å². The van der Waals surface area contributed by atoms with Gasteiger partial charge in [0.05, 0.1) is 0 Å². The Bertz CT molecular complexity index is 1520. The predicted octanol–water partition coefficient (Wildman–Crippen LogP) is 23.8. The topological polar surface area (TPSA) is 78.9 Å². The van der Waals surface area contributed by atoms with Crippen molar-refractivity contribution in [3.05, 3.63) is 85.1 Å². The Labute approximate surface area is 496 Å². The minimum Gasteiger partial charge on any atom is -0.462 e. The molecule has 0 amide bonds. The summed E-state index contributed by atoms with van der Waals surface area (Å²) >= 11 is 0. The number of hydrogen-bond acceptors (Lipinski definition) is 6. The number of hydrogen-bond donors (Lipinski definition) is 0. The van der Waals surface area contributed by atoms with E-state index in [1.54, 1.807) is 0 Å². The smallest absolute Gasteiger partial charge is 0.306 e. The summed E-state index contributed by atoms with van der Waals surface area (Å²) in [4.78, 5) is 38.4. The zero-order valence-electron chi connectivity index (χ0n) is 53.1. The van der Waals surface area contributed by atoms with E-state index in [1.165, 1.54) is 205 Å². The third kappa shape index (κ3) is 65.4. The largest absolute Gasteiger partial charge is 0.462 e. The van der Waals surface area contributed by atoms with E-state index in [0.717, 1.165) is 103 Å². The first kappa shape index (κ1) is 76.6. The maximum Gasteiger partial charge on any atom is 0.306 e. The second kappa shape index (κ2) is 68.1. The summed E-state index contributed by atoms with van der Waals surface area (Å²) < 4.78 is 17.0. The molecule has 0 fully saturated rings. The number of rotatable bonds is 63. The van der Waals surface area contributed by atoms with Crippen LogP contribution in [0.5, 0.6) is 0 Å². The van der Waals surface area contributed by atoms with Crippen LogP contribution in [0.4, 0.5) is 0 Å². The van der Waals surface area contributed by atoms with Crippen molar-refractivity contribution >= 4 is 17.9 Å². The molecule has 0 radical (unpaired) electrons. The highest BCUT2D eigenvalue weighted by atomic mass is 16.6. The SMILES string of the molecule is CCCCCCC/C=C\C/C=C\C/C=C\CCCCCCCCCCCCC(=O)OCC(COC(=O)CCCCCCC/C=C\CCCCCCCCC)OC(=O)CCCCCCCC/C=C\C/C=C\C/C=C\CCCCCCC. The monoisotopic (exact) mass is 1110 g/mol. The normalized spacial score (nSPS) is 12.6. The summed E-state index contributed by atoms with van der Waals surface area (Å²) in [6.45, 7) is 6.63. The minimum atomic E-state index is -0.791. The molecule has 1 atom stereocenters. The zero-order chi connectivity index (χ0) is 57.8. The van der Waals surface area contributed by atoms with E-state index in [1.807, 2.05) is 0 Å². The van der Waals surface area contributed by atoms with E-state index in [0.29, 0.717) is 19.3 Å². The van der Waals surface area contributed by atoms with Crippen LogP contribution in [0.1, 0.15) is 348 Å². The highest BCUT2D eigenvalue weighted by Gasteiger charge is 2.19. The molecule has 0 aliphatic carbocycles. The Morgan fingerprint density at radius 1 is 0.250 bits per heavy atom. The molecular formula is C74H130O6. The second-order valence-corrected chi connectivity index (χ2v) is 23.1. The molecule has 0 bridgehead atoms. The Morgan fingerprint density at radius 2 is 0.450 bits per heavy atom. The number of ether oxygens (including phenoxy) is 3. The van der Waals surface area contributed by atoms with E-state index < -0.39 is 6.10 Å². The van der Waals surface area contributed by atoms with Gasteiger partial charge in [0.15, 0.2) is 6.10 Å². The fourth-order valence-corrected chi connectivity index (χ4v) is 9.87. The third-order valence-corrected chi connectivity index (χ3v) is 15.1. The van der Waals surface area contributed by atoms with Crippen LogP contribution in [-0.2, 0) is 28.6 Å². The summed E-state index contributed by atoms with van der Waals surface area (Å²) in [6, 6.07) is 0. The van der Waals surface area contributed by atoms with Gasteiger partial charge in [0.1, 0.15) is 13.2 Å². The lowest BCUT2D eigenvalue weighted by atomic mass is 10.1. The maximum atomic E-state index is 12.9. The highest BCUT2D eigenvalue weighted by Crippen LogP contribution is 2.16. The van der Waals surface area contributed by atoms with Crippen LogP contribution >= 0.6 is 0 Å². The first-order valence-electron chi connectivity index (χ1n) is 34.6.